The normalized spacial score (nSPS) is 15.9. The van der Waals surface area contributed by atoms with Gasteiger partial charge in [0.05, 0.1) is 12.7 Å². The number of hydrogen-bond donors (Lipinski definition) is 0. The highest BCUT2D eigenvalue weighted by atomic mass is 19.3. The van der Waals surface area contributed by atoms with Gasteiger partial charge in [-0.1, -0.05) is 42.5 Å². The summed E-state index contributed by atoms with van der Waals surface area (Å²) >= 11 is 0. The van der Waals surface area contributed by atoms with Gasteiger partial charge in [0.1, 0.15) is 23.4 Å². The number of nitrogens with zero attached hydrogens (tertiary/aromatic N) is 1. The van der Waals surface area contributed by atoms with E-state index < -0.39 is 12.7 Å². The largest absolute Gasteiger partial charge is 0.497 e. The Morgan fingerprint density at radius 2 is 1.70 bits per heavy atom. The highest BCUT2D eigenvalue weighted by Gasteiger charge is 2.32. The van der Waals surface area contributed by atoms with Gasteiger partial charge in [-0.15, -0.1) is 0 Å². The van der Waals surface area contributed by atoms with Crippen LogP contribution in [0.15, 0.2) is 91.0 Å². The molecule has 0 amide bonds. The van der Waals surface area contributed by atoms with Crippen molar-refractivity contribution in [1.29, 1.82) is 0 Å². The SMILES string of the molecule is COc1cccc(C2Oc3cccc(OC(F)F)c3-c3ccc(N(CC4CC4)c4ccccc4)cc32)c1. The molecule has 1 heterocycles. The van der Waals surface area contributed by atoms with Gasteiger partial charge in [0.2, 0.25) is 0 Å². The van der Waals surface area contributed by atoms with Crippen LogP contribution in [0.25, 0.3) is 11.1 Å². The summed E-state index contributed by atoms with van der Waals surface area (Å²) in [5, 5.41) is 0. The van der Waals surface area contributed by atoms with E-state index in [0.29, 0.717) is 17.2 Å². The number of para-hydroxylation sites is 1. The molecule has 0 N–H and O–H groups in total. The summed E-state index contributed by atoms with van der Waals surface area (Å²) in [6, 6.07) is 29.3. The molecule has 2 aliphatic rings. The summed E-state index contributed by atoms with van der Waals surface area (Å²) < 4.78 is 43.5. The van der Waals surface area contributed by atoms with Crippen LogP contribution in [-0.2, 0) is 0 Å². The van der Waals surface area contributed by atoms with Crippen LogP contribution in [0, 0.1) is 5.92 Å². The highest BCUT2D eigenvalue weighted by Crippen LogP contribution is 2.50. The van der Waals surface area contributed by atoms with Crippen LogP contribution in [0.1, 0.15) is 30.1 Å². The maximum Gasteiger partial charge on any atom is 0.387 e. The average Bonchev–Trinajstić information content (AvgIpc) is 3.75. The molecular formula is C31H27F2NO3. The smallest absolute Gasteiger partial charge is 0.387 e. The molecule has 4 nitrogen and oxygen atoms in total. The third-order valence-corrected chi connectivity index (χ3v) is 6.95. The molecule has 0 spiro atoms. The molecule has 4 aromatic carbocycles. The van der Waals surface area contributed by atoms with Crippen molar-refractivity contribution in [2.75, 3.05) is 18.6 Å². The summed E-state index contributed by atoms with van der Waals surface area (Å²) in [5.41, 5.74) is 5.30. The second kappa shape index (κ2) is 9.77. The van der Waals surface area contributed by atoms with Crippen LogP contribution in [-0.4, -0.2) is 20.3 Å². The van der Waals surface area contributed by atoms with E-state index in [9.17, 15) is 8.78 Å². The number of alkyl halides is 2. The van der Waals surface area contributed by atoms with Crippen LogP contribution in [0.5, 0.6) is 17.2 Å². The first-order valence-corrected chi connectivity index (χ1v) is 12.5. The minimum absolute atomic E-state index is 0.100. The molecule has 37 heavy (non-hydrogen) atoms. The van der Waals surface area contributed by atoms with E-state index in [2.05, 4.69) is 29.2 Å². The lowest BCUT2D eigenvalue weighted by molar-refractivity contribution is -0.0496. The Bertz CT molecular complexity index is 1400. The average molecular weight is 500 g/mol. The van der Waals surface area contributed by atoms with Gasteiger partial charge in [0, 0.05) is 29.0 Å². The quantitative estimate of drug-likeness (QED) is 0.246. The lowest BCUT2D eigenvalue weighted by atomic mass is 9.88. The van der Waals surface area contributed by atoms with Crippen molar-refractivity contribution in [1.82, 2.24) is 0 Å². The Balaban J connectivity index is 1.51. The first kappa shape index (κ1) is 23.3. The van der Waals surface area contributed by atoms with E-state index in [-0.39, 0.29) is 5.75 Å². The summed E-state index contributed by atoms with van der Waals surface area (Å²) in [6.07, 6.45) is 2.01. The number of halogens is 2. The van der Waals surface area contributed by atoms with Gasteiger partial charge < -0.3 is 19.1 Å². The number of hydrogen-bond acceptors (Lipinski definition) is 4. The summed E-state index contributed by atoms with van der Waals surface area (Å²) in [5.74, 6) is 1.99. The van der Waals surface area contributed by atoms with Gasteiger partial charge in [0.15, 0.2) is 0 Å². The molecule has 0 radical (unpaired) electrons. The molecule has 0 aromatic heterocycles. The highest BCUT2D eigenvalue weighted by molar-refractivity contribution is 5.84. The first-order chi connectivity index (χ1) is 18.1. The number of rotatable bonds is 8. The summed E-state index contributed by atoms with van der Waals surface area (Å²) in [7, 11) is 1.63. The van der Waals surface area contributed by atoms with Crippen LogP contribution >= 0.6 is 0 Å². The maximum absolute atomic E-state index is 13.3. The van der Waals surface area contributed by atoms with E-state index >= 15 is 0 Å². The minimum Gasteiger partial charge on any atom is -0.497 e. The minimum atomic E-state index is -2.93. The molecule has 1 fully saturated rings. The molecule has 1 saturated carbocycles. The molecule has 4 aromatic rings. The van der Waals surface area contributed by atoms with Crippen LogP contribution in [0.4, 0.5) is 20.2 Å². The zero-order valence-corrected chi connectivity index (χ0v) is 20.4. The fraction of sp³-hybridized carbons (Fsp3) is 0.226. The second-order valence-corrected chi connectivity index (χ2v) is 9.44. The summed E-state index contributed by atoms with van der Waals surface area (Å²) in [6.45, 7) is -2.01. The van der Waals surface area contributed by atoms with Crippen molar-refractivity contribution in [2.24, 2.45) is 5.92 Å². The standard InChI is InChI=1S/C31H27F2NO3/c1-35-24-10-5-7-21(17-24)30-26-18-23(34(19-20-13-14-20)22-8-3-2-4-9-22)15-16-25(26)29-27(36-30)11-6-12-28(29)37-31(32)33/h2-12,15-18,20,30-31H,13-14,19H2,1H3. The predicted molar refractivity (Wildman–Crippen MR) is 140 cm³/mol. The van der Waals surface area contributed by atoms with Crippen LogP contribution < -0.4 is 19.1 Å². The van der Waals surface area contributed by atoms with E-state index in [4.69, 9.17) is 14.2 Å². The molecule has 0 bridgehead atoms. The number of fused-ring (bicyclic) bond motifs is 3. The van der Waals surface area contributed by atoms with E-state index in [1.807, 2.05) is 48.5 Å². The zero-order valence-electron chi connectivity index (χ0n) is 20.4. The fourth-order valence-corrected chi connectivity index (χ4v) is 5.00. The van der Waals surface area contributed by atoms with Crippen molar-refractivity contribution in [3.63, 3.8) is 0 Å². The van der Waals surface area contributed by atoms with Crippen LogP contribution in [0.2, 0.25) is 0 Å². The van der Waals surface area contributed by atoms with Crippen molar-refractivity contribution in [2.45, 2.75) is 25.6 Å². The van der Waals surface area contributed by atoms with E-state index in [1.54, 1.807) is 25.3 Å². The molecule has 1 aliphatic heterocycles. The van der Waals surface area contributed by atoms with Gasteiger partial charge in [0.25, 0.3) is 0 Å². The van der Waals surface area contributed by atoms with E-state index in [0.717, 1.165) is 40.4 Å². The number of benzene rings is 4. The first-order valence-electron chi connectivity index (χ1n) is 12.5. The Labute approximate surface area is 215 Å². The lowest BCUT2D eigenvalue weighted by Crippen LogP contribution is -2.22. The lowest BCUT2D eigenvalue weighted by Gasteiger charge is -2.32. The monoisotopic (exact) mass is 499 g/mol. The Morgan fingerprint density at radius 1 is 0.892 bits per heavy atom. The molecule has 0 saturated heterocycles. The molecule has 188 valence electrons. The topological polar surface area (TPSA) is 30.9 Å². The molecule has 1 atom stereocenters. The Hall–Kier alpha value is -4.06. The second-order valence-electron chi connectivity index (χ2n) is 9.44. The van der Waals surface area contributed by atoms with Gasteiger partial charge in [-0.05, 0) is 72.9 Å². The van der Waals surface area contributed by atoms with Crippen molar-refractivity contribution in [3.8, 4) is 28.4 Å². The third-order valence-electron chi connectivity index (χ3n) is 6.95. The third kappa shape index (κ3) is 4.71. The molecule has 1 aliphatic carbocycles. The van der Waals surface area contributed by atoms with E-state index in [1.165, 1.54) is 12.8 Å². The predicted octanol–water partition coefficient (Wildman–Crippen LogP) is 7.99. The number of methoxy groups -OCH3 is 1. The molecule has 6 rings (SSSR count). The van der Waals surface area contributed by atoms with Crippen molar-refractivity contribution >= 4 is 11.4 Å². The van der Waals surface area contributed by atoms with Gasteiger partial charge >= 0.3 is 6.61 Å². The molecule has 6 heteroatoms. The number of anilines is 2. The summed E-state index contributed by atoms with van der Waals surface area (Å²) in [4.78, 5) is 2.33. The maximum atomic E-state index is 13.3. The molecular weight excluding hydrogens is 472 g/mol. The fourth-order valence-electron chi connectivity index (χ4n) is 5.00. The van der Waals surface area contributed by atoms with Crippen LogP contribution in [0.3, 0.4) is 0 Å². The van der Waals surface area contributed by atoms with Crippen molar-refractivity contribution in [3.05, 3.63) is 102 Å². The van der Waals surface area contributed by atoms with Gasteiger partial charge in [-0.3, -0.25) is 0 Å². The van der Waals surface area contributed by atoms with Crippen molar-refractivity contribution < 1.29 is 23.0 Å². The van der Waals surface area contributed by atoms with Gasteiger partial charge in [-0.2, -0.15) is 8.78 Å². The van der Waals surface area contributed by atoms with Gasteiger partial charge in [-0.25, -0.2) is 0 Å². The zero-order chi connectivity index (χ0) is 25.4. The Kier molecular flexibility index (Phi) is 6.16. The molecule has 1 unspecified atom stereocenters. The Morgan fingerprint density at radius 3 is 2.46 bits per heavy atom. The number of ether oxygens (including phenoxy) is 3.